The van der Waals surface area contributed by atoms with Crippen LogP contribution < -0.4 is 10.2 Å². The number of halogens is 1. The van der Waals surface area contributed by atoms with E-state index in [0.717, 1.165) is 58.8 Å². The molecule has 0 spiro atoms. The van der Waals surface area contributed by atoms with E-state index in [-0.39, 0.29) is 5.82 Å². The molecule has 146 valence electrons. The molecule has 0 atom stereocenters. The molecule has 2 fully saturated rings. The van der Waals surface area contributed by atoms with Crippen LogP contribution in [0.1, 0.15) is 32.1 Å². The number of piperidine rings is 1. The van der Waals surface area contributed by atoms with Gasteiger partial charge in [-0.15, -0.1) is 11.3 Å². The third kappa shape index (κ3) is 3.51. The Morgan fingerprint density at radius 3 is 2.57 bits per heavy atom. The highest BCUT2D eigenvalue weighted by atomic mass is 32.1. The maximum atomic E-state index is 13.4. The summed E-state index contributed by atoms with van der Waals surface area (Å²) in [5, 5.41) is 6.95. The summed E-state index contributed by atoms with van der Waals surface area (Å²) in [4.78, 5) is 12.5. The van der Waals surface area contributed by atoms with Crippen molar-refractivity contribution in [3.63, 3.8) is 0 Å². The van der Waals surface area contributed by atoms with Crippen LogP contribution in [0.5, 0.6) is 0 Å². The number of thiophene rings is 1. The van der Waals surface area contributed by atoms with Crippen molar-refractivity contribution in [1.29, 1.82) is 0 Å². The molecular weight excluding hydrogens is 371 g/mol. The van der Waals surface area contributed by atoms with Crippen LogP contribution in [0.3, 0.4) is 0 Å². The lowest BCUT2D eigenvalue weighted by Gasteiger charge is -2.35. The Labute approximate surface area is 168 Å². The molecule has 1 saturated heterocycles. The van der Waals surface area contributed by atoms with E-state index in [4.69, 9.17) is 0 Å². The van der Waals surface area contributed by atoms with Crippen molar-refractivity contribution in [2.24, 2.45) is 5.92 Å². The second-order valence-corrected chi connectivity index (χ2v) is 8.86. The molecule has 0 bridgehead atoms. The molecule has 3 heterocycles. The van der Waals surface area contributed by atoms with Crippen LogP contribution in [0.4, 0.5) is 10.2 Å². The van der Waals surface area contributed by atoms with Crippen LogP contribution in [-0.2, 0) is 0 Å². The highest BCUT2D eigenvalue weighted by Crippen LogP contribution is 2.38. The molecule has 2 aliphatic rings. The van der Waals surface area contributed by atoms with E-state index in [1.807, 2.05) is 12.1 Å². The lowest BCUT2D eigenvalue weighted by Crippen LogP contribution is -2.42. The molecule has 0 amide bonds. The van der Waals surface area contributed by atoms with Crippen LogP contribution in [-0.4, -0.2) is 35.6 Å². The molecule has 1 aromatic carbocycles. The molecule has 3 aromatic rings. The zero-order valence-corrected chi connectivity index (χ0v) is 16.7. The van der Waals surface area contributed by atoms with E-state index in [2.05, 4.69) is 25.6 Å². The van der Waals surface area contributed by atoms with Gasteiger partial charge in [0.25, 0.3) is 0 Å². The van der Waals surface area contributed by atoms with Crippen LogP contribution in [0.25, 0.3) is 21.3 Å². The number of nitrogens with one attached hydrogen (secondary N) is 1. The Morgan fingerprint density at radius 1 is 1.07 bits per heavy atom. The highest BCUT2D eigenvalue weighted by Gasteiger charge is 2.25. The quantitative estimate of drug-likeness (QED) is 0.669. The fraction of sp³-hybridized carbons (Fsp3) is 0.455. The number of nitrogens with zero attached hydrogens (tertiary/aromatic N) is 3. The first-order valence-corrected chi connectivity index (χ1v) is 11.1. The zero-order chi connectivity index (χ0) is 18.9. The van der Waals surface area contributed by atoms with Crippen molar-refractivity contribution in [2.45, 2.75) is 38.1 Å². The van der Waals surface area contributed by atoms with Gasteiger partial charge in [-0.3, -0.25) is 0 Å². The summed E-state index contributed by atoms with van der Waals surface area (Å²) < 4.78 is 13.4. The van der Waals surface area contributed by atoms with Crippen LogP contribution in [0, 0.1) is 11.7 Å². The van der Waals surface area contributed by atoms with Gasteiger partial charge in [0.2, 0.25) is 0 Å². The molecule has 0 unspecified atom stereocenters. The van der Waals surface area contributed by atoms with Crippen molar-refractivity contribution in [1.82, 2.24) is 15.3 Å². The van der Waals surface area contributed by atoms with E-state index < -0.39 is 0 Å². The number of hydrogen-bond acceptors (Lipinski definition) is 5. The third-order valence-corrected chi connectivity index (χ3v) is 7.11. The summed E-state index contributed by atoms with van der Waals surface area (Å²) in [6.07, 6.45) is 8.15. The normalized spacial score (nSPS) is 18.5. The predicted octanol–water partition coefficient (Wildman–Crippen LogP) is 4.86. The average Bonchev–Trinajstić information content (AvgIpc) is 3.12. The summed E-state index contributed by atoms with van der Waals surface area (Å²) in [5.74, 6) is 1.57. The number of hydrogen-bond donors (Lipinski definition) is 1. The molecule has 2 aromatic heterocycles. The average molecular weight is 397 g/mol. The van der Waals surface area contributed by atoms with Crippen molar-refractivity contribution in [3.8, 4) is 11.1 Å². The minimum absolute atomic E-state index is 0.211. The molecule has 1 saturated carbocycles. The van der Waals surface area contributed by atoms with Gasteiger partial charge in [0, 0.05) is 30.1 Å². The molecule has 1 aliphatic carbocycles. The van der Waals surface area contributed by atoms with E-state index >= 15 is 0 Å². The summed E-state index contributed by atoms with van der Waals surface area (Å²) >= 11 is 1.63. The smallest absolute Gasteiger partial charge is 0.141 e. The van der Waals surface area contributed by atoms with Crippen LogP contribution in [0.2, 0.25) is 0 Å². The van der Waals surface area contributed by atoms with Gasteiger partial charge in [-0.25, -0.2) is 14.4 Å². The first-order chi connectivity index (χ1) is 13.8. The van der Waals surface area contributed by atoms with Gasteiger partial charge in [-0.2, -0.15) is 0 Å². The summed E-state index contributed by atoms with van der Waals surface area (Å²) in [6, 6.07) is 7.48. The lowest BCUT2D eigenvalue weighted by molar-refractivity contribution is 0.295. The Balaban J connectivity index is 1.36. The van der Waals surface area contributed by atoms with Crippen LogP contribution in [0.15, 0.2) is 36.0 Å². The SMILES string of the molecule is Fc1ccc(-c2csc3ncnc(N4CCC(CNC5CCC5)CC4)c23)cc1. The fourth-order valence-electron chi connectivity index (χ4n) is 4.24. The monoisotopic (exact) mass is 396 g/mol. The molecule has 0 radical (unpaired) electrons. The molecular formula is C22H25FN4S. The summed E-state index contributed by atoms with van der Waals surface area (Å²) in [5.41, 5.74) is 2.12. The Kier molecular flexibility index (Phi) is 4.99. The predicted molar refractivity (Wildman–Crippen MR) is 113 cm³/mol. The van der Waals surface area contributed by atoms with Gasteiger partial charge in [0.15, 0.2) is 0 Å². The first kappa shape index (κ1) is 18.0. The minimum Gasteiger partial charge on any atom is -0.356 e. The third-order valence-electron chi connectivity index (χ3n) is 6.22. The molecule has 6 heteroatoms. The number of aromatic nitrogens is 2. The van der Waals surface area contributed by atoms with Crippen molar-refractivity contribution in [3.05, 3.63) is 41.8 Å². The van der Waals surface area contributed by atoms with Crippen molar-refractivity contribution >= 4 is 27.4 Å². The van der Waals surface area contributed by atoms with Gasteiger partial charge in [-0.1, -0.05) is 18.6 Å². The number of benzene rings is 1. The van der Waals surface area contributed by atoms with Gasteiger partial charge in [-0.05, 0) is 55.8 Å². The largest absolute Gasteiger partial charge is 0.356 e. The minimum atomic E-state index is -0.211. The van der Waals surface area contributed by atoms with Crippen molar-refractivity contribution < 1.29 is 4.39 Å². The molecule has 1 N–H and O–H groups in total. The molecule has 1 aliphatic heterocycles. The lowest BCUT2D eigenvalue weighted by atomic mass is 9.91. The first-order valence-electron chi connectivity index (χ1n) is 10.2. The molecule has 4 nitrogen and oxygen atoms in total. The van der Waals surface area contributed by atoms with Crippen molar-refractivity contribution in [2.75, 3.05) is 24.5 Å². The Morgan fingerprint density at radius 2 is 1.86 bits per heavy atom. The fourth-order valence-corrected chi connectivity index (χ4v) is 5.15. The maximum absolute atomic E-state index is 13.4. The van der Waals surface area contributed by atoms with E-state index in [1.54, 1.807) is 17.7 Å². The standard InChI is InChI=1S/C22H25FN4S/c23-17-6-4-16(5-7-17)19-13-28-22-20(19)21(25-14-26-22)27-10-8-15(9-11-27)12-24-18-2-1-3-18/h4-7,13-15,18,24H,1-3,8-12H2. The zero-order valence-electron chi connectivity index (χ0n) is 15.9. The number of fused-ring (bicyclic) bond motifs is 1. The topological polar surface area (TPSA) is 41.1 Å². The highest BCUT2D eigenvalue weighted by molar-refractivity contribution is 7.17. The van der Waals surface area contributed by atoms with E-state index in [0.29, 0.717) is 0 Å². The molecule has 5 rings (SSSR count). The van der Waals surface area contributed by atoms with E-state index in [1.165, 1.54) is 44.2 Å². The number of anilines is 1. The second-order valence-electron chi connectivity index (χ2n) is 8.00. The molecule has 28 heavy (non-hydrogen) atoms. The summed E-state index contributed by atoms with van der Waals surface area (Å²) in [6.45, 7) is 3.21. The maximum Gasteiger partial charge on any atom is 0.141 e. The van der Waals surface area contributed by atoms with Gasteiger partial charge in [0.05, 0.1) is 5.39 Å². The number of rotatable bonds is 5. The Hall–Kier alpha value is -2.05. The Bertz CT molecular complexity index is 943. The van der Waals surface area contributed by atoms with Gasteiger partial charge in [0.1, 0.15) is 22.8 Å². The van der Waals surface area contributed by atoms with Gasteiger partial charge >= 0.3 is 0 Å². The summed E-state index contributed by atoms with van der Waals surface area (Å²) in [7, 11) is 0. The van der Waals surface area contributed by atoms with Crippen LogP contribution >= 0.6 is 11.3 Å². The van der Waals surface area contributed by atoms with Gasteiger partial charge < -0.3 is 10.2 Å². The second kappa shape index (κ2) is 7.76. The van der Waals surface area contributed by atoms with E-state index in [9.17, 15) is 4.39 Å².